The van der Waals surface area contributed by atoms with Crippen molar-refractivity contribution in [2.24, 2.45) is 0 Å². The Morgan fingerprint density at radius 1 is 1.05 bits per heavy atom. The summed E-state index contributed by atoms with van der Waals surface area (Å²) in [6.45, 7) is 2.02. The van der Waals surface area contributed by atoms with Crippen LogP contribution in [-0.2, 0) is 9.59 Å². The van der Waals surface area contributed by atoms with Gasteiger partial charge in [0.2, 0.25) is 0 Å². The summed E-state index contributed by atoms with van der Waals surface area (Å²) in [4.78, 5) is 22.0. The van der Waals surface area contributed by atoms with Crippen molar-refractivity contribution in [2.75, 3.05) is 0 Å². The minimum atomic E-state index is -1.17. The van der Waals surface area contributed by atoms with Crippen molar-refractivity contribution in [3.8, 4) is 0 Å². The van der Waals surface area contributed by atoms with Gasteiger partial charge in [-0.25, -0.2) is 9.59 Å². The average Bonchev–Trinajstić information content (AvgIpc) is 2.49. The highest BCUT2D eigenvalue weighted by atomic mass is 16.4. The van der Waals surface area contributed by atoms with E-state index in [1.807, 2.05) is 43.3 Å². The number of hydrogen-bond donors (Lipinski definition) is 2. The number of allylic oxidation sites excluding steroid dienone is 2. The molecule has 0 spiro atoms. The Balaban J connectivity index is 3.16. The van der Waals surface area contributed by atoms with Gasteiger partial charge in [0, 0.05) is 6.08 Å². The van der Waals surface area contributed by atoms with Gasteiger partial charge in [-0.05, 0) is 30.1 Å². The molecule has 0 radical (unpaired) electrons. The minimum Gasteiger partial charge on any atom is -0.478 e. The summed E-state index contributed by atoms with van der Waals surface area (Å²) in [6.07, 6.45) is 7.94. The molecule has 1 aromatic rings. The van der Waals surface area contributed by atoms with Crippen LogP contribution in [0.5, 0.6) is 0 Å². The molecule has 4 nitrogen and oxygen atoms in total. The molecule has 0 aliphatic heterocycles. The van der Waals surface area contributed by atoms with Gasteiger partial charge in [-0.2, -0.15) is 0 Å². The molecule has 0 heterocycles. The Kier molecular flexibility index (Phi) is 7.40. The molecule has 0 saturated carbocycles. The smallest absolute Gasteiger partial charge is 0.335 e. The predicted molar refractivity (Wildman–Crippen MR) is 86.4 cm³/mol. The third-order valence-electron chi connectivity index (χ3n) is 3.05. The summed E-state index contributed by atoms with van der Waals surface area (Å²) in [5.74, 6) is -2.29. The highest BCUT2D eigenvalue weighted by Gasteiger charge is 2.10. The van der Waals surface area contributed by atoms with Crippen molar-refractivity contribution < 1.29 is 19.8 Å². The first-order valence-electron chi connectivity index (χ1n) is 7.15. The zero-order chi connectivity index (χ0) is 16.4. The van der Waals surface area contributed by atoms with Gasteiger partial charge in [0.15, 0.2) is 0 Å². The molecule has 0 bridgehead atoms. The quantitative estimate of drug-likeness (QED) is 0.564. The zero-order valence-electron chi connectivity index (χ0n) is 12.5. The SMILES string of the molecule is CCCCC(C=Cc1ccccc1)=C(C=CC(=O)O)C(=O)O. The van der Waals surface area contributed by atoms with Gasteiger partial charge in [-0.1, -0.05) is 55.8 Å². The monoisotopic (exact) mass is 300 g/mol. The number of benzene rings is 1. The van der Waals surface area contributed by atoms with Crippen molar-refractivity contribution in [3.05, 3.63) is 65.3 Å². The van der Waals surface area contributed by atoms with E-state index in [-0.39, 0.29) is 5.57 Å². The van der Waals surface area contributed by atoms with Gasteiger partial charge in [-0.3, -0.25) is 0 Å². The summed E-state index contributed by atoms with van der Waals surface area (Å²) < 4.78 is 0. The normalized spacial score (nSPS) is 12.6. The molecule has 0 unspecified atom stereocenters. The van der Waals surface area contributed by atoms with E-state index in [1.165, 1.54) is 0 Å². The third-order valence-corrected chi connectivity index (χ3v) is 3.05. The van der Waals surface area contributed by atoms with Crippen LogP contribution < -0.4 is 0 Å². The van der Waals surface area contributed by atoms with E-state index < -0.39 is 11.9 Å². The maximum atomic E-state index is 11.4. The van der Waals surface area contributed by atoms with Crippen LogP contribution in [-0.4, -0.2) is 22.2 Å². The summed E-state index contributed by atoms with van der Waals surface area (Å²) in [5.41, 5.74) is 1.60. The lowest BCUT2D eigenvalue weighted by Crippen LogP contribution is -2.03. The van der Waals surface area contributed by atoms with Gasteiger partial charge in [-0.15, -0.1) is 0 Å². The molecule has 1 rings (SSSR count). The maximum absolute atomic E-state index is 11.4. The Morgan fingerprint density at radius 2 is 1.73 bits per heavy atom. The summed E-state index contributed by atoms with van der Waals surface area (Å²) in [5, 5.41) is 18.0. The predicted octanol–water partition coefficient (Wildman–Crippen LogP) is 3.91. The molecule has 0 aliphatic rings. The van der Waals surface area contributed by atoms with Crippen LogP contribution in [0.3, 0.4) is 0 Å². The molecular weight excluding hydrogens is 280 g/mol. The Labute approximate surface area is 130 Å². The number of rotatable bonds is 8. The fraction of sp³-hybridized carbons (Fsp3) is 0.222. The van der Waals surface area contributed by atoms with Crippen molar-refractivity contribution >= 4 is 18.0 Å². The zero-order valence-corrected chi connectivity index (χ0v) is 12.5. The fourth-order valence-corrected chi connectivity index (χ4v) is 1.91. The average molecular weight is 300 g/mol. The topological polar surface area (TPSA) is 74.6 Å². The molecule has 0 fully saturated rings. The lowest BCUT2D eigenvalue weighted by molar-refractivity contribution is -0.132. The van der Waals surface area contributed by atoms with Crippen LogP contribution in [0.15, 0.2) is 59.7 Å². The summed E-state index contributed by atoms with van der Waals surface area (Å²) >= 11 is 0. The first-order chi connectivity index (χ1) is 10.5. The summed E-state index contributed by atoms with van der Waals surface area (Å²) in [6, 6.07) is 9.54. The first kappa shape index (κ1) is 17.4. The lowest BCUT2D eigenvalue weighted by atomic mass is 10.00. The van der Waals surface area contributed by atoms with Crippen LogP contribution in [0.2, 0.25) is 0 Å². The van der Waals surface area contributed by atoms with E-state index in [1.54, 1.807) is 6.08 Å². The van der Waals surface area contributed by atoms with Gasteiger partial charge < -0.3 is 10.2 Å². The molecule has 0 aromatic heterocycles. The van der Waals surface area contributed by atoms with E-state index >= 15 is 0 Å². The van der Waals surface area contributed by atoms with Gasteiger partial charge in [0.05, 0.1) is 5.57 Å². The van der Waals surface area contributed by atoms with Gasteiger partial charge in [0.1, 0.15) is 0 Å². The molecular formula is C18H20O4. The Morgan fingerprint density at radius 3 is 2.27 bits per heavy atom. The number of hydrogen-bond acceptors (Lipinski definition) is 2. The molecule has 0 saturated heterocycles. The van der Waals surface area contributed by atoms with Crippen molar-refractivity contribution in [2.45, 2.75) is 26.2 Å². The molecule has 0 atom stereocenters. The standard InChI is InChI=1S/C18H20O4/c1-2-3-9-15(11-10-14-7-5-4-6-8-14)16(18(21)22)12-13-17(19)20/h4-8,10-13H,2-3,9H2,1H3,(H,19,20)(H,21,22). The minimum absolute atomic E-state index is 0.0167. The highest BCUT2D eigenvalue weighted by molar-refractivity contribution is 5.93. The number of unbranched alkanes of at least 4 members (excludes halogenated alkanes) is 1. The van der Waals surface area contributed by atoms with E-state index in [2.05, 4.69) is 0 Å². The van der Waals surface area contributed by atoms with E-state index in [9.17, 15) is 14.7 Å². The number of carboxylic acids is 2. The van der Waals surface area contributed by atoms with Crippen LogP contribution >= 0.6 is 0 Å². The van der Waals surface area contributed by atoms with Crippen LogP contribution in [0, 0.1) is 0 Å². The molecule has 0 amide bonds. The van der Waals surface area contributed by atoms with Crippen molar-refractivity contribution in [1.82, 2.24) is 0 Å². The maximum Gasteiger partial charge on any atom is 0.335 e. The van der Waals surface area contributed by atoms with Crippen LogP contribution in [0.4, 0.5) is 0 Å². The highest BCUT2D eigenvalue weighted by Crippen LogP contribution is 2.18. The third kappa shape index (κ3) is 6.22. The van der Waals surface area contributed by atoms with Crippen molar-refractivity contribution in [1.29, 1.82) is 0 Å². The molecule has 0 aliphatic carbocycles. The number of aliphatic carboxylic acids is 2. The summed E-state index contributed by atoms with van der Waals surface area (Å²) in [7, 11) is 0. The number of carboxylic acid groups (broad SMARTS) is 2. The van der Waals surface area contributed by atoms with Crippen LogP contribution in [0.1, 0.15) is 31.7 Å². The number of carbonyl (C=O) groups is 2. The molecule has 22 heavy (non-hydrogen) atoms. The molecule has 2 N–H and O–H groups in total. The first-order valence-corrected chi connectivity index (χ1v) is 7.15. The Hall–Kier alpha value is -2.62. The van der Waals surface area contributed by atoms with Gasteiger partial charge >= 0.3 is 11.9 Å². The van der Waals surface area contributed by atoms with E-state index in [0.29, 0.717) is 12.0 Å². The van der Waals surface area contributed by atoms with E-state index in [0.717, 1.165) is 30.6 Å². The second kappa shape index (κ2) is 9.34. The fourth-order valence-electron chi connectivity index (χ4n) is 1.91. The molecule has 4 heteroatoms. The molecule has 116 valence electrons. The van der Waals surface area contributed by atoms with Crippen molar-refractivity contribution in [3.63, 3.8) is 0 Å². The second-order valence-corrected chi connectivity index (χ2v) is 4.76. The van der Waals surface area contributed by atoms with Crippen LogP contribution in [0.25, 0.3) is 6.08 Å². The largest absolute Gasteiger partial charge is 0.478 e. The lowest BCUT2D eigenvalue weighted by Gasteiger charge is -2.05. The van der Waals surface area contributed by atoms with E-state index in [4.69, 9.17) is 5.11 Å². The van der Waals surface area contributed by atoms with Gasteiger partial charge in [0.25, 0.3) is 0 Å². The Bertz CT molecular complexity index is 595. The molecule has 1 aromatic carbocycles. The second-order valence-electron chi connectivity index (χ2n) is 4.76.